The van der Waals surface area contributed by atoms with E-state index in [9.17, 15) is 0 Å². The molecule has 0 aliphatic carbocycles. The molecule has 17 heavy (non-hydrogen) atoms. The number of piperidine rings is 1. The Kier molecular flexibility index (Phi) is 4.40. The quantitative estimate of drug-likeness (QED) is 0.861. The number of hydrogen-bond donors (Lipinski definition) is 1. The number of methoxy groups -OCH3 is 1. The summed E-state index contributed by atoms with van der Waals surface area (Å²) in [5, 5.41) is 3.46. The van der Waals surface area contributed by atoms with Gasteiger partial charge in [-0.05, 0) is 44.1 Å². The van der Waals surface area contributed by atoms with Gasteiger partial charge in [0.1, 0.15) is 5.75 Å². The van der Waals surface area contributed by atoms with E-state index >= 15 is 0 Å². The Balaban J connectivity index is 1.94. The minimum absolute atomic E-state index is 0.662. The monoisotopic (exact) mass is 234 g/mol. The van der Waals surface area contributed by atoms with Crippen molar-refractivity contribution in [2.75, 3.05) is 27.2 Å². The van der Waals surface area contributed by atoms with E-state index in [0.29, 0.717) is 6.04 Å². The molecule has 1 unspecified atom stereocenters. The van der Waals surface area contributed by atoms with Crippen molar-refractivity contribution in [3.8, 4) is 5.75 Å². The third kappa shape index (κ3) is 3.45. The standard InChI is InChI=1S/C14H22N2O/c1-16(13-6-4-8-15-10-13)11-12-5-3-7-14(9-12)17-2/h3,5,7,9,13,15H,4,6,8,10-11H2,1-2H3. The van der Waals surface area contributed by atoms with Crippen LogP contribution in [0.5, 0.6) is 5.75 Å². The SMILES string of the molecule is COc1cccc(CN(C)C2CCCNC2)c1. The summed E-state index contributed by atoms with van der Waals surface area (Å²) in [6, 6.07) is 8.99. The molecular weight excluding hydrogens is 212 g/mol. The van der Waals surface area contributed by atoms with Crippen molar-refractivity contribution in [1.29, 1.82) is 0 Å². The molecule has 0 radical (unpaired) electrons. The highest BCUT2D eigenvalue weighted by Gasteiger charge is 2.17. The Morgan fingerprint density at radius 2 is 2.35 bits per heavy atom. The van der Waals surface area contributed by atoms with Crippen LogP contribution in [0, 0.1) is 0 Å². The molecule has 1 saturated heterocycles. The second-order valence-corrected chi connectivity index (χ2v) is 4.77. The summed E-state index contributed by atoms with van der Waals surface area (Å²) in [4.78, 5) is 2.43. The first kappa shape index (κ1) is 12.4. The van der Waals surface area contributed by atoms with Crippen LogP contribution in [0.4, 0.5) is 0 Å². The molecule has 1 aliphatic heterocycles. The van der Waals surface area contributed by atoms with E-state index in [4.69, 9.17) is 4.74 Å². The largest absolute Gasteiger partial charge is 0.497 e. The van der Waals surface area contributed by atoms with Gasteiger partial charge >= 0.3 is 0 Å². The molecule has 1 aromatic carbocycles. The lowest BCUT2D eigenvalue weighted by atomic mass is 10.1. The predicted molar refractivity (Wildman–Crippen MR) is 70.4 cm³/mol. The molecule has 0 amide bonds. The molecule has 2 rings (SSSR count). The highest BCUT2D eigenvalue weighted by Crippen LogP contribution is 2.16. The van der Waals surface area contributed by atoms with E-state index in [2.05, 4.69) is 35.5 Å². The van der Waals surface area contributed by atoms with Crippen molar-refractivity contribution in [3.63, 3.8) is 0 Å². The zero-order chi connectivity index (χ0) is 12.1. The number of hydrogen-bond acceptors (Lipinski definition) is 3. The number of rotatable bonds is 4. The lowest BCUT2D eigenvalue weighted by Crippen LogP contribution is -2.43. The molecule has 94 valence electrons. The molecule has 1 aliphatic rings. The normalized spacial score (nSPS) is 20.5. The smallest absolute Gasteiger partial charge is 0.119 e. The second-order valence-electron chi connectivity index (χ2n) is 4.77. The molecule has 3 nitrogen and oxygen atoms in total. The number of likely N-dealkylation sites (N-methyl/N-ethyl adjacent to an activating group) is 1. The van der Waals surface area contributed by atoms with Crippen LogP contribution in [0.1, 0.15) is 18.4 Å². The average molecular weight is 234 g/mol. The minimum Gasteiger partial charge on any atom is -0.497 e. The Bertz CT molecular complexity index is 348. The number of ether oxygens (including phenoxy) is 1. The van der Waals surface area contributed by atoms with Crippen molar-refractivity contribution in [3.05, 3.63) is 29.8 Å². The fourth-order valence-corrected chi connectivity index (χ4v) is 2.40. The maximum Gasteiger partial charge on any atom is 0.119 e. The lowest BCUT2D eigenvalue weighted by molar-refractivity contribution is 0.195. The van der Waals surface area contributed by atoms with Gasteiger partial charge in [0.25, 0.3) is 0 Å². The fraction of sp³-hybridized carbons (Fsp3) is 0.571. The van der Waals surface area contributed by atoms with Gasteiger partial charge < -0.3 is 10.1 Å². The summed E-state index contributed by atoms with van der Waals surface area (Å²) >= 11 is 0. The van der Waals surface area contributed by atoms with Crippen molar-refractivity contribution in [1.82, 2.24) is 10.2 Å². The van der Waals surface area contributed by atoms with Gasteiger partial charge in [0.15, 0.2) is 0 Å². The molecule has 1 aromatic rings. The van der Waals surface area contributed by atoms with Crippen LogP contribution in [-0.2, 0) is 6.54 Å². The number of nitrogens with one attached hydrogen (secondary N) is 1. The van der Waals surface area contributed by atoms with Gasteiger partial charge in [0, 0.05) is 19.1 Å². The van der Waals surface area contributed by atoms with Gasteiger partial charge in [-0.1, -0.05) is 12.1 Å². The van der Waals surface area contributed by atoms with E-state index in [1.54, 1.807) is 7.11 Å². The van der Waals surface area contributed by atoms with Crippen molar-refractivity contribution in [2.24, 2.45) is 0 Å². The van der Waals surface area contributed by atoms with Crippen LogP contribution < -0.4 is 10.1 Å². The average Bonchev–Trinajstić information content (AvgIpc) is 2.40. The first-order chi connectivity index (χ1) is 8.29. The van der Waals surface area contributed by atoms with E-state index in [1.165, 1.54) is 24.9 Å². The van der Waals surface area contributed by atoms with E-state index in [1.807, 2.05) is 6.07 Å². The van der Waals surface area contributed by atoms with E-state index in [0.717, 1.165) is 18.8 Å². The topological polar surface area (TPSA) is 24.5 Å². The van der Waals surface area contributed by atoms with Crippen molar-refractivity contribution < 1.29 is 4.74 Å². The summed E-state index contributed by atoms with van der Waals surface area (Å²) in [7, 11) is 3.92. The van der Waals surface area contributed by atoms with Gasteiger partial charge in [0.05, 0.1) is 7.11 Å². The molecule has 0 aromatic heterocycles. The molecule has 0 saturated carbocycles. The van der Waals surface area contributed by atoms with Crippen LogP contribution in [0.25, 0.3) is 0 Å². The van der Waals surface area contributed by atoms with Gasteiger partial charge in [-0.15, -0.1) is 0 Å². The Hall–Kier alpha value is -1.06. The fourth-order valence-electron chi connectivity index (χ4n) is 2.40. The second kappa shape index (κ2) is 6.03. The highest BCUT2D eigenvalue weighted by atomic mass is 16.5. The van der Waals surface area contributed by atoms with E-state index in [-0.39, 0.29) is 0 Å². The Morgan fingerprint density at radius 3 is 3.06 bits per heavy atom. The van der Waals surface area contributed by atoms with Crippen molar-refractivity contribution >= 4 is 0 Å². The summed E-state index contributed by atoms with van der Waals surface area (Å²) in [6.45, 7) is 3.27. The minimum atomic E-state index is 0.662. The van der Waals surface area contributed by atoms with Gasteiger partial charge in [-0.25, -0.2) is 0 Å². The van der Waals surface area contributed by atoms with Crippen LogP contribution in [0.3, 0.4) is 0 Å². The first-order valence-corrected chi connectivity index (χ1v) is 6.33. The molecule has 0 spiro atoms. The molecule has 1 heterocycles. The lowest BCUT2D eigenvalue weighted by Gasteiger charge is -2.31. The number of benzene rings is 1. The third-order valence-electron chi connectivity index (χ3n) is 3.46. The highest BCUT2D eigenvalue weighted by molar-refractivity contribution is 5.28. The molecule has 1 fully saturated rings. The maximum atomic E-state index is 5.25. The summed E-state index contributed by atoms with van der Waals surface area (Å²) < 4.78 is 5.25. The van der Waals surface area contributed by atoms with Crippen LogP contribution >= 0.6 is 0 Å². The van der Waals surface area contributed by atoms with Gasteiger partial charge in [-0.3, -0.25) is 4.90 Å². The summed E-state index contributed by atoms with van der Waals surface area (Å²) in [5.41, 5.74) is 1.32. The van der Waals surface area contributed by atoms with Crippen LogP contribution in [-0.4, -0.2) is 38.2 Å². The number of nitrogens with zero attached hydrogens (tertiary/aromatic N) is 1. The molecule has 3 heteroatoms. The molecule has 0 bridgehead atoms. The predicted octanol–water partition coefficient (Wildman–Crippen LogP) is 1.88. The summed E-state index contributed by atoms with van der Waals surface area (Å²) in [5.74, 6) is 0.942. The summed E-state index contributed by atoms with van der Waals surface area (Å²) in [6.07, 6.45) is 2.58. The zero-order valence-corrected chi connectivity index (χ0v) is 10.8. The zero-order valence-electron chi connectivity index (χ0n) is 10.8. The van der Waals surface area contributed by atoms with E-state index < -0.39 is 0 Å². The van der Waals surface area contributed by atoms with Gasteiger partial charge in [-0.2, -0.15) is 0 Å². The molecular formula is C14H22N2O. The third-order valence-corrected chi connectivity index (χ3v) is 3.46. The molecule has 1 N–H and O–H groups in total. The Morgan fingerprint density at radius 1 is 1.47 bits per heavy atom. The van der Waals surface area contributed by atoms with Crippen molar-refractivity contribution in [2.45, 2.75) is 25.4 Å². The van der Waals surface area contributed by atoms with Gasteiger partial charge in [0.2, 0.25) is 0 Å². The van der Waals surface area contributed by atoms with Crippen LogP contribution in [0.15, 0.2) is 24.3 Å². The Labute approximate surface area is 104 Å². The first-order valence-electron chi connectivity index (χ1n) is 6.33. The maximum absolute atomic E-state index is 5.25. The molecule has 1 atom stereocenters. The van der Waals surface area contributed by atoms with Crippen LogP contribution in [0.2, 0.25) is 0 Å².